The average Bonchev–Trinajstić information content (AvgIpc) is 2.88. The van der Waals surface area contributed by atoms with Gasteiger partial charge in [0.1, 0.15) is 17.5 Å². The Bertz CT molecular complexity index is 497. The van der Waals surface area contributed by atoms with E-state index < -0.39 is 0 Å². The van der Waals surface area contributed by atoms with Gasteiger partial charge >= 0.3 is 0 Å². The fourth-order valence-electron chi connectivity index (χ4n) is 1.65. The van der Waals surface area contributed by atoms with Crippen molar-refractivity contribution >= 4 is 17.3 Å². The zero-order chi connectivity index (χ0) is 13.0. The van der Waals surface area contributed by atoms with Crippen LogP contribution in [-0.4, -0.2) is 40.3 Å². The van der Waals surface area contributed by atoms with Gasteiger partial charge in [0.15, 0.2) is 0 Å². The number of aliphatic hydroxyl groups excluding tert-OH is 1. The van der Waals surface area contributed by atoms with Gasteiger partial charge in [-0.2, -0.15) is 0 Å². The minimum absolute atomic E-state index is 0.0754. The molecule has 0 aliphatic carbocycles. The second-order valence-electron chi connectivity index (χ2n) is 3.94. The van der Waals surface area contributed by atoms with Crippen LogP contribution < -0.4 is 10.2 Å². The van der Waals surface area contributed by atoms with E-state index in [0.717, 1.165) is 11.5 Å². The summed E-state index contributed by atoms with van der Waals surface area (Å²) in [6.45, 7) is 2.40. The van der Waals surface area contributed by atoms with Crippen molar-refractivity contribution in [3.05, 3.63) is 30.4 Å². The zero-order valence-electron chi connectivity index (χ0n) is 10.5. The molecule has 0 aromatic carbocycles. The van der Waals surface area contributed by atoms with Gasteiger partial charge in [-0.3, -0.25) is 0 Å². The minimum atomic E-state index is 0.0754. The smallest absolute Gasteiger partial charge is 0.138 e. The highest BCUT2D eigenvalue weighted by molar-refractivity contribution is 5.61. The third-order valence-electron chi connectivity index (χ3n) is 2.55. The maximum atomic E-state index is 8.81. The SMILES string of the molecule is Cc1nc(NCCO)cc(N(C)c2cc[nH]c2)n1. The van der Waals surface area contributed by atoms with Crippen molar-refractivity contribution in [2.75, 3.05) is 30.4 Å². The van der Waals surface area contributed by atoms with Gasteiger partial charge in [0.2, 0.25) is 0 Å². The molecule has 0 unspecified atom stereocenters. The van der Waals surface area contributed by atoms with Crippen molar-refractivity contribution in [3.8, 4) is 0 Å². The lowest BCUT2D eigenvalue weighted by molar-refractivity contribution is 0.311. The number of hydrogen-bond acceptors (Lipinski definition) is 5. The van der Waals surface area contributed by atoms with Gasteiger partial charge < -0.3 is 20.3 Å². The van der Waals surface area contributed by atoms with Crippen molar-refractivity contribution in [2.45, 2.75) is 6.92 Å². The lowest BCUT2D eigenvalue weighted by Gasteiger charge is -2.17. The molecule has 0 fully saturated rings. The van der Waals surface area contributed by atoms with E-state index in [-0.39, 0.29) is 6.61 Å². The average molecular weight is 247 g/mol. The van der Waals surface area contributed by atoms with Gasteiger partial charge in [0.05, 0.1) is 12.3 Å². The number of rotatable bonds is 5. The Morgan fingerprint density at radius 1 is 1.44 bits per heavy atom. The van der Waals surface area contributed by atoms with Crippen LogP contribution in [0.5, 0.6) is 0 Å². The van der Waals surface area contributed by atoms with Crippen LogP contribution in [0, 0.1) is 6.92 Å². The number of anilines is 3. The van der Waals surface area contributed by atoms with E-state index in [2.05, 4.69) is 20.3 Å². The second-order valence-corrected chi connectivity index (χ2v) is 3.94. The predicted octanol–water partition coefficient (Wildman–Crippen LogP) is 1.29. The lowest BCUT2D eigenvalue weighted by atomic mass is 10.4. The number of nitrogens with one attached hydrogen (secondary N) is 2. The fourth-order valence-corrected chi connectivity index (χ4v) is 1.65. The van der Waals surface area contributed by atoms with E-state index in [9.17, 15) is 0 Å². The Morgan fingerprint density at radius 2 is 2.28 bits per heavy atom. The molecule has 18 heavy (non-hydrogen) atoms. The summed E-state index contributed by atoms with van der Waals surface area (Å²) in [5.41, 5.74) is 1.03. The standard InChI is InChI=1S/C12H17N5O/c1-9-15-11(14-5-6-18)7-12(16-9)17(2)10-3-4-13-8-10/h3-4,7-8,13,18H,5-6H2,1-2H3,(H,14,15,16). The van der Waals surface area contributed by atoms with Gasteiger partial charge in [-0.05, 0) is 13.0 Å². The summed E-state index contributed by atoms with van der Waals surface area (Å²) < 4.78 is 0. The molecular weight excluding hydrogens is 230 g/mol. The van der Waals surface area contributed by atoms with E-state index >= 15 is 0 Å². The first kappa shape index (κ1) is 12.4. The Balaban J connectivity index is 2.24. The first-order chi connectivity index (χ1) is 8.70. The number of H-pyrrole nitrogens is 1. The molecule has 0 aliphatic heterocycles. The maximum Gasteiger partial charge on any atom is 0.138 e. The molecule has 2 heterocycles. The fraction of sp³-hybridized carbons (Fsp3) is 0.333. The lowest BCUT2D eigenvalue weighted by Crippen LogP contribution is -2.14. The number of aromatic nitrogens is 3. The van der Waals surface area contributed by atoms with Gasteiger partial charge in [0, 0.05) is 32.1 Å². The van der Waals surface area contributed by atoms with Crippen LogP contribution in [0.3, 0.4) is 0 Å². The molecule has 2 aromatic heterocycles. The minimum Gasteiger partial charge on any atom is -0.395 e. The normalized spacial score (nSPS) is 10.4. The Morgan fingerprint density at radius 3 is 2.94 bits per heavy atom. The van der Waals surface area contributed by atoms with Gasteiger partial charge in [-0.25, -0.2) is 9.97 Å². The highest BCUT2D eigenvalue weighted by Crippen LogP contribution is 2.22. The van der Waals surface area contributed by atoms with Crippen LogP contribution in [-0.2, 0) is 0 Å². The van der Waals surface area contributed by atoms with Crippen molar-refractivity contribution in [1.29, 1.82) is 0 Å². The summed E-state index contributed by atoms with van der Waals surface area (Å²) in [6, 6.07) is 3.83. The van der Waals surface area contributed by atoms with E-state index in [1.54, 1.807) is 0 Å². The van der Waals surface area contributed by atoms with Crippen LogP contribution in [0.1, 0.15) is 5.82 Å². The first-order valence-electron chi connectivity index (χ1n) is 5.77. The Labute approximate surface area is 106 Å². The summed E-state index contributed by atoms with van der Waals surface area (Å²) in [7, 11) is 1.95. The zero-order valence-corrected chi connectivity index (χ0v) is 10.5. The summed E-state index contributed by atoms with van der Waals surface area (Å²) in [4.78, 5) is 13.6. The third kappa shape index (κ3) is 2.78. The predicted molar refractivity (Wildman–Crippen MR) is 71.2 cm³/mol. The Kier molecular flexibility index (Phi) is 3.78. The van der Waals surface area contributed by atoms with E-state index in [4.69, 9.17) is 5.11 Å². The number of aliphatic hydroxyl groups is 1. The van der Waals surface area contributed by atoms with Crippen LogP contribution in [0.4, 0.5) is 17.3 Å². The van der Waals surface area contributed by atoms with Crippen LogP contribution in [0.2, 0.25) is 0 Å². The van der Waals surface area contributed by atoms with E-state index in [1.165, 1.54) is 0 Å². The number of hydrogen-bond donors (Lipinski definition) is 3. The highest BCUT2D eigenvalue weighted by Gasteiger charge is 2.08. The van der Waals surface area contributed by atoms with Crippen molar-refractivity contribution in [1.82, 2.24) is 15.0 Å². The molecule has 6 heteroatoms. The molecule has 96 valence electrons. The topological polar surface area (TPSA) is 77.1 Å². The van der Waals surface area contributed by atoms with Crippen molar-refractivity contribution in [3.63, 3.8) is 0 Å². The summed E-state index contributed by atoms with van der Waals surface area (Å²) in [5, 5.41) is 11.8. The van der Waals surface area contributed by atoms with Gasteiger partial charge in [0.25, 0.3) is 0 Å². The molecule has 2 rings (SSSR count). The molecule has 3 N–H and O–H groups in total. The van der Waals surface area contributed by atoms with Crippen LogP contribution in [0.15, 0.2) is 24.5 Å². The van der Waals surface area contributed by atoms with E-state index in [1.807, 2.05) is 43.4 Å². The number of nitrogens with zero attached hydrogens (tertiary/aromatic N) is 3. The largest absolute Gasteiger partial charge is 0.395 e. The van der Waals surface area contributed by atoms with Gasteiger partial charge in [-0.1, -0.05) is 0 Å². The molecule has 0 aliphatic rings. The molecule has 0 spiro atoms. The molecule has 0 saturated heterocycles. The molecule has 0 bridgehead atoms. The molecule has 6 nitrogen and oxygen atoms in total. The third-order valence-corrected chi connectivity index (χ3v) is 2.55. The molecule has 0 saturated carbocycles. The second kappa shape index (κ2) is 5.50. The molecule has 0 atom stereocenters. The molecule has 0 amide bonds. The number of aryl methyl sites for hydroxylation is 1. The first-order valence-corrected chi connectivity index (χ1v) is 5.77. The number of aromatic amines is 1. The summed E-state index contributed by atoms with van der Waals surface area (Å²) in [5.74, 6) is 2.21. The highest BCUT2D eigenvalue weighted by atomic mass is 16.3. The maximum absolute atomic E-state index is 8.81. The molecule has 0 radical (unpaired) electrons. The van der Waals surface area contributed by atoms with E-state index in [0.29, 0.717) is 18.2 Å². The van der Waals surface area contributed by atoms with Crippen molar-refractivity contribution < 1.29 is 5.11 Å². The van der Waals surface area contributed by atoms with Crippen LogP contribution in [0.25, 0.3) is 0 Å². The van der Waals surface area contributed by atoms with Crippen molar-refractivity contribution in [2.24, 2.45) is 0 Å². The van der Waals surface area contributed by atoms with Crippen LogP contribution >= 0.6 is 0 Å². The molecular formula is C12H17N5O. The molecule has 2 aromatic rings. The van der Waals surface area contributed by atoms with Gasteiger partial charge in [-0.15, -0.1) is 0 Å². The summed E-state index contributed by atoms with van der Waals surface area (Å²) >= 11 is 0. The quantitative estimate of drug-likeness (QED) is 0.742. The Hall–Kier alpha value is -2.08. The summed E-state index contributed by atoms with van der Waals surface area (Å²) in [6.07, 6.45) is 3.77. The monoisotopic (exact) mass is 247 g/mol.